The maximum atomic E-state index is 6.23. The highest BCUT2D eigenvalue weighted by atomic mass is 35.5. The Balaban J connectivity index is 1.58. The van der Waals surface area contributed by atoms with Gasteiger partial charge in [0, 0.05) is 24.7 Å². The number of nitrogens with zero attached hydrogens (tertiary/aromatic N) is 2. The van der Waals surface area contributed by atoms with Gasteiger partial charge in [-0.1, -0.05) is 29.8 Å². The van der Waals surface area contributed by atoms with Crippen molar-refractivity contribution in [1.82, 2.24) is 10.2 Å². The zero-order chi connectivity index (χ0) is 22.1. The molecule has 1 saturated heterocycles. The Bertz CT molecular complexity index is 872. The minimum Gasteiger partial charge on any atom is -0.493 e. The molecule has 31 heavy (non-hydrogen) atoms. The van der Waals surface area contributed by atoms with Gasteiger partial charge in [0.2, 0.25) is 0 Å². The van der Waals surface area contributed by atoms with Crippen LogP contribution in [0.15, 0.2) is 47.5 Å². The summed E-state index contributed by atoms with van der Waals surface area (Å²) >= 11 is 6.23. The van der Waals surface area contributed by atoms with Crippen molar-refractivity contribution in [2.45, 2.75) is 12.5 Å². The molecule has 1 heterocycles. The lowest BCUT2D eigenvalue weighted by molar-refractivity contribution is 0.0180. The number of hydrogen-bond acceptors (Lipinski definition) is 5. The lowest BCUT2D eigenvalue weighted by atomic mass is 10.0. The summed E-state index contributed by atoms with van der Waals surface area (Å²) in [4.78, 5) is 6.98. The average molecular weight is 447 g/mol. The number of aliphatic imine (C=N–C) groups is 1. The van der Waals surface area contributed by atoms with Crippen LogP contribution in [-0.4, -0.2) is 64.5 Å². The summed E-state index contributed by atoms with van der Waals surface area (Å²) in [6.45, 7) is 4.39. The molecule has 0 aromatic heterocycles. The van der Waals surface area contributed by atoms with Gasteiger partial charge < -0.3 is 25.3 Å². The number of nitrogens with two attached hydrogens (primary N) is 1. The smallest absolute Gasteiger partial charge is 0.188 e. The first-order chi connectivity index (χ1) is 15.1. The van der Waals surface area contributed by atoms with Crippen LogP contribution < -0.4 is 20.5 Å². The van der Waals surface area contributed by atoms with Gasteiger partial charge in [-0.3, -0.25) is 9.89 Å². The van der Waals surface area contributed by atoms with E-state index in [0.29, 0.717) is 19.0 Å². The predicted molar refractivity (Wildman–Crippen MR) is 124 cm³/mol. The fourth-order valence-corrected chi connectivity index (χ4v) is 3.85. The van der Waals surface area contributed by atoms with Crippen molar-refractivity contribution in [2.24, 2.45) is 10.7 Å². The molecule has 2 aromatic carbocycles. The molecule has 1 fully saturated rings. The van der Waals surface area contributed by atoms with Crippen LogP contribution in [0, 0.1) is 0 Å². The predicted octanol–water partition coefficient (Wildman–Crippen LogP) is 2.88. The second-order valence-corrected chi connectivity index (χ2v) is 7.75. The number of halogens is 1. The molecular weight excluding hydrogens is 416 g/mol. The molecular formula is C23H31ClN4O3. The Labute approximate surface area is 189 Å². The fourth-order valence-electron chi connectivity index (χ4n) is 3.65. The normalized spacial score (nSPS) is 16.0. The van der Waals surface area contributed by atoms with Gasteiger partial charge in [-0.05, 0) is 41.8 Å². The first kappa shape index (κ1) is 23.2. The molecule has 3 rings (SSSR count). The third-order valence-corrected chi connectivity index (χ3v) is 5.56. The number of nitrogens with one attached hydrogen (secondary N) is 1. The maximum absolute atomic E-state index is 6.23. The van der Waals surface area contributed by atoms with Crippen molar-refractivity contribution in [3.05, 3.63) is 58.6 Å². The molecule has 0 saturated carbocycles. The van der Waals surface area contributed by atoms with Gasteiger partial charge in [-0.2, -0.15) is 0 Å². The molecule has 7 nitrogen and oxygen atoms in total. The van der Waals surface area contributed by atoms with Crippen molar-refractivity contribution in [3.8, 4) is 11.5 Å². The highest BCUT2D eigenvalue weighted by Crippen LogP contribution is 2.27. The Kier molecular flexibility index (Phi) is 8.82. The second kappa shape index (κ2) is 11.8. The van der Waals surface area contributed by atoms with Crippen LogP contribution in [-0.2, 0) is 11.2 Å². The summed E-state index contributed by atoms with van der Waals surface area (Å²) in [5, 5.41) is 3.93. The number of methoxy groups -OCH3 is 2. The van der Waals surface area contributed by atoms with Crippen LogP contribution in [0.1, 0.15) is 17.2 Å². The van der Waals surface area contributed by atoms with Crippen molar-refractivity contribution in [2.75, 3.05) is 53.6 Å². The zero-order valence-corrected chi connectivity index (χ0v) is 18.9. The van der Waals surface area contributed by atoms with Crippen molar-refractivity contribution in [1.29, 1.82) is 0 Å². The van der Waals surface area contributed by atoms with E-state index in [4.69, 9.17) is 31.5 Å². The van der Waals surface area contributed by atoms with Gasteiger partial charge >= 0.3 is 0 Å². The summed E-state index contributed by atoms with van der Waals surface area (Å²) in [6, 6.07) is 13.9. The fraction of sp³-hybridized carbons (Fsp3) is 0.435. The monoisotopic (exact) mass is 446 g/mol. The average Bonchev–Trinajstić information content (AvgIpc) is 2.80. The van der Waals surface area contributed by atoms with E-state index < -0.39 is 0 Å². The zero-order valence-electron chi connectivity index (χ0n) is 18.1. The minimum atomic E-state index is 0.105. The van der Waals surface area contributed by atoms with E-state index in [1.807, 2.05) is 36.4 Å². The second-order valence-electron chi connectivity index (χ2n) is 7.31. The van der Waals surface area contributed by atoms with E-state index in [-0.39, 0.29) is 6.04 Å². The highest BCUT2D eigenvalue weighted by molar-refractivity contribution is 6.30. The standard InChI is InChI=1S/C23H31ClN4O3/c1-29-21-7-6-17(14-22(21)30-2)8-9-26-23(25)27-16-20(28-10-12-31-13-11-28)18-4-3-5-19(24)15-18/h3-7,14-15,20H,8-13,16H2,1-2H3,(H3,25,26,27). The minimum absolute atomic E-state index is 0.105. The van der Waals surface area contributed by atoms with Crippen molar-refractivity contribution < 1.29 is 14.2 Å². The van der Waals surface area contributed by atoms with Gasteiger partial charge in [0.25, 0.3) is 0 Å². The molecule has 0 spiro atoms. The number of rotatable bonds is 9. The van der Waals surface area contributed by atoms with Crippen molar-refractivity contribution in [3.63, 3.8) is 0 Å². The summed E-state index contributed by atoms with van der Waals surface area (Å²) in [6.07, 6.45) is 0.789. The van der Waals surface area contributed by atoms with Gasteiger partial charge in [0.1, 0.15) is 0 Å². The largest absolute Gasteiger partial charge is 0.493 e. The first-order valence-electron chi connectivity index (χ1n) is 10.4. The number of benzene rings is 2. The van der Waals surface area contributed by atoms with Crippen LogP contribution >= 0.6 is 11.6 Å². The first-order valence-corrected chi connectivity index (χ1v) is 10.8. The summed E-state index contributed by atoms with van der Waals surface area (Å²) in [7, 11) is 3.26. The molecule has 1 aliphatic rings. The third kappa shape index (κ3) is 6.75. The SMILES string of the molecule is COc1ccc(CCNC(N)=NCC(c2cccc(Cl)c2)N2CCOCC2)cc1OC. The molecule has 0 radical (unpaired) electrons. The third-order valence-electron chi connectivity index (χ3n) is 5.32. The van der Waals surface area contributed by atoms with E-state index in [2.05, 4.69) is 21.3 Å². The van der Waals surface area contributed by atoms with E-state index in [0.717, 1.165) is 60.4 Å². The molecule has 8 heteroatoms. The van der Waals surface area contributed by atoms with E-state index >= 15 is 0 Å². The topological polar surface area (TPSA) is 81.3 Å². The van der Waals surface area contributed by atoms with Crippen LogP contribution in [0.3, 0.4) is 0 Å². The molecule has 3 N–H and O–H groups in total. The molecule has 0 bridgehead atoms. The van der Waals surface area contributed by atoms with Crippen molar-refractivity contribution >= 4 is 17.6 Å². The number of hydrogen-bond donors (Lipinski definition) is 2. The summed E-state index contributed by atoms with van der Waals surface area (Å²) in [5.74, 6) is 1.87. The Morgan fingerprint density at radius 2 is 1.94 bits per heavy atom. The Morgan fingerprint density at radius 3 is 2.65 bits per heavy atom. The highest BCUT2D eigenvalue weighted by Gasteiger charge is 2.22. The van der Waals surface area contributed by atoms with Gasteiger partial charge in [-0.15, -0.1) is 0 Å². The van der Waals surface area contributed by atoms with E-state index in [1.54, 1.807) is 14.2 Å². The Hall–Kier alpha value is -2.48. The lowest BCUT2D eigenvalue weighted by Crippen LogP contribution is -2.41. The number of ether oxygens (including phenoxy) is 3. The molecule has 1 aliphatic heterocycles. The van der Waals surface area contributed by atoms with Gasteiger partial charge in [0.15, 0.2) is 17.5 Å². The molecule has 0 aliphatic carbocycles. The van der Waals surface area contributed by atoms with Crippen LogP contribution in [0.25, 0.3) is 0 Å². The molecule has 2 aromatic rings. The van der Waals surface area contributed by atoms with E-state index in [1.165, 1.54) is 0 Å². The molecule has 168 valence electrons. The maximum Gasteiger partial charge on any atom is 0.188 e. The quantitative estimate of drug-likeness (QED) is 0.455. The Morgan fingerprint density at radius 1 is 1.16 bits per heavy atom. The van der Waals surface area contributed by atoms with E-state index in [9.17, 15) is 0 Å². The number of morpholine rings is 1. The van der Waals surface area contributed by atoms with Crippen LogP contribution in [0.2, 0.25) is 5.02 Å². The summed E-state index contributed by atoms with van der Waals surface area (Å²) < 4.78 is 16.1. The van der Waals surface area contributed by atoms with Gasteiger partial charge in [-0.25, -0.2) is 0 Å². The van der Waals surface area contributed by atoms with Gasteiger partial charge in [0.05, 0.1) is 40.0 Å². The van der Waals surface area contributed by atoms with Crippen LogP contribution in [0.4, 0.5) is 0 Å². The lowest BCUT2D eigenvalue weighted by Gasteiger charge is -2.34. The van der Waals surface area contributed by atoms with Crippen LogP contribution in [0.5, 0.6) is 11.5 Å². The molecule has 1 unspecified atom stereocenters. The number of guanidine groups is 1. The summed E-state index contributed by atoms with van der Waals surface area (Å²) in [5.41, 5.74) is 8.41. The molecule has 0 amide bonds. The molecule has 1 atom stereocenters.